The number of fused-ring (bicyclic) bond motifs is 2. The van der Waals surface area contributed by atoms with Crippen LogP contribution < -0.4 is 4.74 Å². The topological polar surface area (TPSA) is 33.0 Å². The Morgan fingerprint density at radius 3 is 1.32 bits per heavy atom. The molecule has 0 saturated heterocycles. The van der Waals surface area contributed by atoms with Gasteiger partial charge in [0.05, 0.1) is 18.7 Å². The van der Waals surface area contributed by atoms with E-state index in [2.05, 4.69) is 103 Å². The van der Waals surface area contributed by atoms with E-state index in [0.717, 1.165) is 16.9 Å². The van der Waals surface area contributed by atoms with Gasteiger partial charge in [-0.25, -0.2) is 0 Å². The lowest BCUT2D eigenvalue weighted by Gasteiger charge is -2.18. The van der Waals surface area contributed by atoms with Crippen molar-refractivity contribution < 1.29 is 4.74 Å². The molecule has 0 N–H and O–H groups in total. The maximum atomic E-state index is 9.01. The van der Waals surface area contributed by atoms with Crippen LogP contribution in [0.25, 0.3) is 56.0 Å². The molecule has 38 heavy (non-hydrogen) atoms. The summed E-state index contributed by atoms with van der Waals surface area (Å²) in [5, 5.41) is 13.9. The summed E-state index contributed by atoms with van der Waals surface area (Å²) >= 11 is 0. The van der Waals surface area contributed by atoms with Gasteiger partial charge < -0.3 is 4.74 Å². The Labute approximate surface area is 222 Å². The molecule has 0 aliphatic heterocycles. The standard InChI is InChI=1S/C36H25NO/c1-38-30-22-20-29(21-23-30)36-33-8-4-2-6-31(33)35(32-7-3-5-9-34(32)36)28-18-16-26(17-19-28)11-10-25-12-14-27(24-37)15-13-25/h2-23H,1H3. The smallest absolute Gasteiger partial charge is 0.118 e. The van der Waals surface area contributed by atoms with E-state index in [0.29, 0.717) is 5.56 Å². The maximum absolute atomic E-state index is 9.01. The van der Waals surface area contributed by atoms with Crippen molar-refractivity contribution in [1.82, 2.24) is 0 Å². The van der Waals surface area contributed by atoms with E-state index in [1.54, 1.807) is 7.11 Å². The van der Waals surface area contributed by atoms with E-state index in [1.807, 2.05) is 36.4 Å². The first-order valence-corrected chi connectivity index (χ1v) is 12.6. The van der Waals surface area contributed by atoms with Gasteiger partial charge in [0.1, 0.15) is 5.75 Å². The number of hydrogen-bond acceptors (Lipinski definition) is 2. The summed E-state index contributed by atoms with van der Waals surface area (Å²) in [6, 6.07) is 44.2. The van der Waals surface area contributed by atoms with Crippen molar-refractivity contribution in [2.24, 2.45) is 0 Å². The number of hydrogen-bond donors (Lipinski definition) is 0. The average molecular weight is 488 g/mol. The van der Waals surface area contributed by atoms with Gasteiger partial charge in [0.2, 0.25) is 0 Å². The van der Waals surface area contributed by atoms with Crippen LogP contribution in [0.3, 0.4) is 0 Å². The van der Waals surface area contributed by atoms with E-state index >= 15 is 0 Å². The van der Waals surface area contributed by atoms with Crippen LogP contribution in [0.15, 0.2) is 121 Å². The average Bonchev–Trinajstić information content (AvgIpc) is 2.99. The highest BCUT2D eigenvalue weighted by Crippen LogP contribution is 2.43. The van der Waals surface area contributed by atoms with Gasteiger partial charge in [0.25, 0.3) is 0 Å². The zero-order chi connectivity index (χ0) is 25.9. The molecule has 0 aliphatic carbocycles. The van der Waals surface area contributed by atoms with Crippen LogP contribution in [0.1, 0.15) is 16.7 Å². The summed E-state index contributed by atoms with van der Waals surface area (Å²) < 4.78 is 5.40. The number of nitriles is 1. The molecule has 0 bridgehead atoms. The van der Waals surface area contributed by atoms with Gasteiger partial charge in [-0.1, -0.05) is 109 Å². The minimum absolute atomic E-state index is 0.670. The lowest BCUT2D eigenvalue weighted by atomic mass is 9.86. The molecular weight excluding hydrogens is 462 g/mol. The van der Waals surface area contributed by atoms with E-state index in [9.17, 15) is 0 Å². The summed E-state index contributed by atoms with van der Waals surface area (Å²) in [6.07, 6.45) is 4.18. The second kappa shape index (κ2) is 10.1. The van der Waals surface area contributed by atoms with Gasteiger partial charge in [-0.05, 0) is 79.2 Å². The summed E-state index contributed by atoms with van der Waals surface area (Å²) in [4.78, 5) is 0. The number of benzene rings is 6. The minimum Gasteiger partial charge on any atom is -0.497 e. The molecule has 0 radical (unpaired) electrons. The van der Waals surface area contributed by atoms with Crippen LogP contribution in [-0.4, -0.2) is 7.11 Å². The van der Waals surface area contributed by atoms with Crippen molar-refractivity contribution in [3.05, 3.63) is 138 Å². The van der Waals surface area contributed by atoms with Gasteiger partial charge in [-0.2, -0.15) is 5.26 Å². The predicted molar refractivity (Wildman–Crippen MR) is 159 cm³/mol. The Balaban J connectivity index is 1.47. The molecule has 0 aromatic heterocycles. The molecule has 6 rings (SSSR count). The highest BCUT2D eigenvalue weighted by Gasteiger charge is 2.16. The third-order valence-electron chi connectivity index (χ3n) is 7.02. The molecule has 2 heteroatoms. The Bertz CT molecular complexity index is 1760. The second-order valence-electron chi connectivity index (χ2n) is 9.26. The molecular formula is C36H25NO. The Morgan fingerprint density at radius 2 is 0.921 bits per heavy atom. The van der Waals surface area contributed by atoms with Crippen LogP contribution in [0.2, 0.25) is 0 Å². The van der Waals surface area contributed by atoms with Crippen LogP contribution in [0.5, 0.6) is 5.75 Å². The minimum atomic E-state index is 0.670. The summed E-state index contributed by atoms with van der Waals surface area (Å²) in [5.74, 6) is 0.854. The molecule has 6 aromatic carbocycles. The van der Waals surface area contributed by atoms with Crippen LogP contribution in [0.4, 0.5) is 0 Å². The molecule has 0 spiro atoms. The predicted octanol–water partition coefficient (Wildman–Crippen LogP) is 9.38. The van der Waals surface area contributed by atoms with Gasteiger partial charge >= 0.3 is 0 Å². The molecule has 0 unspecified atom stereocenters. The largest absolute Gasteiger partial charge is 0.497 e. The SMILES string of the molecule is COc1ccc(-c2c3ccccc3c(-c3ccc(C=Cc4ccc(C#N)cc4)cc3)c3ccccc23)cc1. The molecule has 0 heterocycles. The second-order valence-corrected chi connectivity index (χ2v) is 9.26. The fourth-order valence-corrected chi connectivity index (χ4v) is 5.13. The molecule has 6 aromatic rings. The molecule has 0 amide bonds. The molecule has 0 fully saturated rings. The van der Waals surface area contributed by atoms with E-state index in [-0.39, 0.29) is 0 Å². The van der Waals surface area contributed by atoms with E-state index < -0.39 is 0 Å². The van der Waals surface area contributed by atoms with Crippen molar-refractivity contribution in [3.63, 3.8) is 0 Å². The molecule has 0 saturated carbocycles. The molecule has 2 nitrogen and oxygen atoms in total. The summed E-state index contributed by atoms with van der Waals surface area (Å²) in [7, 11) is 1.70. The Hall–Kier alpha value is -5.13. The third-order valence-corrected chi connectivity index (χ3v) is 7.02. The number of rotatable bonds is 5. The van der Waals surface area contributed by atoms with Crippen LogP contribution in [-0.2, 0) is 0 Å². The highest BCUT2D eigenvalue weighted by atomic mass is 16.5. The van der Waals surface area contributed by atoms with E-state index in [1.165, 1.54) is 43.8 Å². The lowest BCUT2D eigenvalue weighted by Crippen LogP contribution is -1.91. The zero-order valence-corrected chi connectivity index (χ0v) is 21.1. The third kappa shape index (κ3) is 4.32. The zero-order valence-electron chi connectivity index (χ0n) is 21.1. The molecule has 0 aliphatic rings. The van der Waals surface area contributed by atoms with Gasteiger partial charge in [0, 0.05) is 0 Å². The van der Waals surface area contributed by atoms with Crippen molar-refractivity contribution in [1.29, 1.82) is 5.26 Å². The first-order valence-electron chi connectivity index (χ1n) is 12.6. The number of nitrogens with zero attached hydrogens (tertiary/aromatic N) is 1. The Morgan fingerprint density at radius 1 is 0.526 bits per heavy atom. The maximum Gasteiger partial charge on any atom is 0.118 e. The Kier molecular flexibility index (Phi) is 6.18. The van der Waals surface area contributed by atoms with Crippen molar-refractivity contribution in [2.75, 3.05) is 7.11 Å². The first kappa shape index (κ1) is 23.3. The highest BCUT2D eigenvalue weighted by molar-refractivity contribution is 6.21. The van der Waals surface area contributed by atoms with Gasteiger partial charge in [-0.15, -0.1) is 0 Å². The van der Waals surface area contributed by atoms with Crippen LogP contribution in [0, 0.1) is 11.3 Å². The summed E-state index contributed by atoms with van der Waals surface area (Å²) in [6.45, 7) is 0. The molecule has 0 atom stereocenters. The quantitative estimate of drug-likeness (QED) is 0.179. The van der Waals surface area contributed by atoms with Gasteiger partial charge in [0.15, 0.2) is 0 Å². The van der Waals surface area contributed by atoms with Crippen molar-refractivity contribution in [3.8, 4) is 34.1 Å². The number of ether oxygens (including phenoxy) is 1. The fraction of sp³-hybridized carbons (Fsp3) is 0.0278. The van der Waals surface area contributed by atoms with Crippen LogP contribution >= 0.6 is 0 Å². The summed E-state index contributed by atoms with van der Waals surface area (Å²) in [5.41, 5.74) is 7.72. The van der Waals surface area contributed by atoms with Gasteiger partial charge in [-0.3, -0.25) is 0 Å². The normalized spacial score (nSPS) is 11.2. The van der Waals surface area contributed by atoms with Crippen molar-refractivity contribution in [2.45, 2.75) is 0 Å². The lowest BCUT2D eigenvalue weighted by molar-refractivity contribution is 0.415. The fourth-order valence-electron chi connectivity index (χ4n) is 5.13. The van der Waals surface area contributed by atoms with Crippen molar-refractivity contribution >= 4 is 33.7 Å². The first-order chi connectivity index (χ1) is 18.7. The number of methoxy groups -OCH3 is 1. The monoisotopic (exact) mass is 487 g/mol. The molecule has 180 valence electrons. The van der Waals surface area contributed by atoms with E-state index in [4.69, 9.17) is 10.00 Å².